The molecule has 0 radical (unpaired) electrons. The third kappa shape index (κ3) is 2.41. The molecule has 0 bridgehead atoms. The van der Waals surface area contributed by atoms with Gasteiger partial charge in [-0.05, 0) is 35.4 Å². The summed E-state index contributed by atoms with van der Waals surface area (Å²) in [4.78, 5) is 18.7. The lowest BCUT2D eigenvalue weighted by atomic mass is 10.0. The first kappa shape index (κ1) is 14.4. The monoisotopic (exact) mass is 332 g/mol. The number of amides is 1. The van der Waals surface area contributed by atoms with Gasteiger partial charge in [0.25, 0.3) is 0 Å². The van der Waals surface area contributed by atoms with Crippen molar-refractivity contribution >= 4 is 43.5 Å². The van der Waals surface area contributed by atoms with Crippen LogP contribution in [0, 0.1) is 11.3 Å². The van der Waals surface area contributed by atoms with Crippen molar-refractivity contribution in [2.24, 2.45) is 0 Å². The predicted molar refractivity (Wildman–Crippen MR) is 95.9 cm³/mol. The fourth-order valence-corrected chi connectivity index (χ4v) is 3.65. The van der Waals surface area contributed by atoms with Crippen molar-refractivity contribution in [3.8, 4) is 17.2 Å². The van der Waals surface area contributed by atoms with E-state index < -0.39 is 0 Å². The quantitative estimate of drug-likeness (QED) is 0.575. The molecular weight excluding hydrogens is 320 g/mol. The Labute approximate surface area is 141 Å². The maximum atomic E-state index is 11.2. The molecule has 116 valence electrons. The molecule has 2 aromatic heterocycles. The summed E-state index contributed by atoms with van der Waals surface area (Å²) in [6.45, 7) is 1.47. The molecule has 4 aromatic rings. The predicted octanol–water partition coefficient (Wildman–Crippen LogP) is 4.27. The van der Waals surface area contributed by atoms with E-state index in [1.807, 2.05) is 30.3 Å². The van der Waals surface area contributed by atoms with Crippen LogP contribution in [0.4, 0.5) is 5.13 Å². The molecular formula is C18H12N4OS. The Balaban J connectivity index is 1.81. The SMILES string of the molecule is CC(=O)Nc1nc2ccc(-c3ccc4[nH]cc(C#N)c4c3)cc2s1. The second-order valence-electron chi connectivity index (χ2n) is 5.46. The van der Waals surface area contributed by atoms with Gasteiger partial charge in [0, 0.05) is 24.0 Å². The Morgan fingerprint density at radius 2 is 2.04 bits per heavy atom. The molecule has 0 aliphatic rings. The van der Waals surface area contributed by atoms with Gasteiger partial charge in [-0.15, -0.1) is 0 Å². The lowest BCUT2D eigenvalue weighted by Gasteiger charge is -2.02. The zero-order valence-electron chi connectivity index (χ0n) is 12.8. The van der Waals surface area contributed by atoms with Crippen molar-refractivity contribution in [2.45, 2.75) is 6.92 Å². The molecule has 6 heteroatoms. The second kappa shape index (κ2) is 5.48. The number of hydrogen-bond acceptors (Lipinski definition) is 4. The van der Waals surface area contributed by atoms with Crippen LogP contribution < -0.4 is 5.32 Å². The number of nitrogens with zero attached hydrogens (tertiary/aromatic N) is 2. The average Bonchev–Trinajstić information content (AvgIpc) is 3.15. The summed E-state index contributed by atoms with van der Waals surface area (Å²) in [6.07, 6.45) is 1.72. The second-order valence-corrected chi connectivity index (χ2v) is 6.49. The first-order valence-electron chi connectivity index (χ1n) is 7.34. The number of fused-ring (bicyclic) bond motifs is 2. The molecule has 0 saturated heterocycles. The van der Waals surface area contributed by atoms with Crippen molar-refractivity contribution in [3.63, 3.8) is 0 Å². The van der Waals surface area contributed by atoms with Crippen LogP contribution in [-0.4, -0.2) is 15.9 Å². The molecule has 0 spiro atoms. The normalized spacial score (nSPS) is 10.8. The molecule has 2 aromatic carbocycles. The molecule has 0 aliphatic heterocycles. The molecule has 0 saturated carbocycles. The fourth-order valence-electron chi connectivity index (χ4n) is 2.70. The first-order valence-corrected chi connectivity index (χ1v) is 8.15. The van der Waals surface area contributed by atoms with Crippen molar-refractivity contribution in [3.05, 3.63) is 48.2 Å². The Morgan fingerprint density at radius 1 is 1.25 bits per heavy atom. The Hall–Kier alpha value is -3.17. The van der Waals surface area contributed by atoms with E-state index in [0.29, 0.717) is 10.7 Å². The third-order valence-electron chi connectivity index (χ3n) is 3.81. The topological polar surface area (TPSA) is 81.6 Å². The molecule has 0 atom stereocenters. The largest absolute Gasteiger partial charge is 0.360 e. The molecule has 5 nitrogen and oxygen atoms in total. The van der Waals surface area contributed by atoms with Crippen LogP contribution in [-0.2, 0) is 4.79 Å². The highest BCUT2D eigenvalue weighted by molar-refractivity contribution is 7.22. The maximum absolute atomic E-state index is 11.2. The highest BCUT2D eigenvalue weighted by Crippen LogP contribution is 2.32. The summed E-state index contributed by atoms with van der Waals surface area (Å²) in [7, 11) is 0. The number of carbonyl (C=O) groups is 1. The van der Waals surface area contributed by atoms with E-state index in [0.717, 1.165) is 32.2 Å². The minimum absolute atomic E-state index is 0.128. The summed E-state index contributed by atoms with van der Waals surface area (Å²) in [5.74, 6) is -0.128. The van der Waals surface area contributed by atoms with E-state index in [2.05, 4.69) is 27.4 Å². The first-order chi connectivity index (χ1) is 11.6. The smallest absolute Gasteiger partial charge is 0.223 e. The molecule has 0 fully saturated rings. The third-order valence-corrected chi connectivity index (χ3v) is 4.74. The van der Waals surface area contributed by atoms with E-state index >= 15 is 0 Å². The summed E-state index contributed by atoms with van der Waals surface area (Å²) < 4.78 is 1.01. The van der Waals surface area contributed by atoms with E-state index in [-0.39, 0.29) is 5.91 Å². The van der Waals surface area contributed by atoms with Crippen LogP contribution in [0.1, 0.15) is 12.5 Å². The molecule has 2 N–H and O–H groups in total. The number of aromatic nitrogens is 2. The summed E-state index contributed by atoms with van der Waals surface area (Å²) >= 11 is 1.45. The van der Waals surface area contributed by atoms with Crippen LogP contribution in [0.2, 0.25) is 0 Å². The van der Waals surface area contributed by atoms with Gasteiger partial charge in [0.2, 0.25) is 5.91 Å². The lowest BCUT2D eigenvalue weighted by molar-refractivity contribution is -0.114. The highest BCUT2D eigenvalue weighted by atomic mass is 32.1. The van der Waals surface area contributed by atoms with Crippen LogP contribution in [0.5, 0.6) is 0 Å². The standard InChI is InChI=1S/C18H12N4OS/c1-10(23)21-18-22-16-5-3-12(7-17(16)24-18)11-2-4-15-14(6-11)13(8-19)9-20-15/h2-7,9,20H,1H3,(H,21,22,23). The summed E-state index contributed by atoms with van der Waals surface area (Å²) in [5, 5.41) is 13.4. The number of nitrogens with one attached hydrogen (secondary N) is 2. The highest BCUT2D eigenvalue weighted by Gasteiger charge is 2.09. The van der Waals surface area contributed by atoms with Crippen molar-refractivity contribution in [1.29, 1.82) is 5.26 Å². The van der Waals surface area contributed by atoms with Crippen LogP contribution >= 0.6 is 11.3 Å². The minimum Gasteiger partial charge on any atom is -0.360 e. The van der Waals surface area contributed by atoms with Crippen LogP contribution in [0.3, 0.4) is 0 Å². The van der Waals surface area contributed by atoms with Gasteiger partial charge in [-0.25, -0.2) is 4.98 Å². The number of benzene rings is 2. The fraction of sp³-hybridized carbons (Fsp3) is 0.0556. The molecule has 1 amide bonds. The van der Waals surface area contributed by atoms with Gasteiger partial charge < -0.3 is 10.3 Å². The average molecular weight is 332 g/mol. The van der Waals surface area contributed by atoms with Gasteiger partial charge >= 0.3 is 0 Å². The van der Waals surface area contributed by atoms with Crippen molar-refractivity contribution < 1.29 is 4.79 Å². The number of carbonyl (C=O) groups excluding carboxylic acids is 1. The molecule has 4 rings (SSSR count). The number of nitriles is 1. The molecule has 24 heavy (non-hydrogen) atoms. The van der Waals surface area contributed by atoms with Gasteiger partial charge in [-0.2, -0.15) is 5.26 Å². The zero-order chi connectivity index (χ0) is 16.7. The van der Waals surface area contributed by atoms with Crippen LogP contribution in [0.15, 0.2) is 42.6 Å². The van der Waals surface area contributed by atoms with E-state index in [9.17, 15) is 10.1 Å². The van der Waals surface area contributed by atoms with Gasteiger partial charge in [-0.1, -0.05) is 23.5 Å². The van der Waals surface area contributed by atoms with E-state index in [1.54, 1.807) is 6.20 Å². The van der Waals surface area contributed by atoms with Crippen LogP contribution in [0.25, 0.3) is 32.2 Å². The van der Waals surface area contributed by atoms with Crippen molar-refractivity contribution in [2.75, 3.05) is 5.32 Å². The number of hydrogen-bond donors (Lipinski definition) is 2. The molecule has 2 heterocycles. The Kier molecular flexibility index (Phi) is 3.29. The minimum atomic E-state index is -0.128. The number of anilines is 1. The lowest BCUT2D eigenvalue weighted by Crippen LogP contribution is -2.04. The van der Waals surface area contributed by atoms with E-state index in [1.165, 1.54) is 18.3 Å². The van der Waals surface area contributed by atoms with Gasteiger partial charge in [-0.3, -0.25) is 4.79 Å². The van der Waals surface area contributed by atoms with Gasteiger partial charge in [0.05, 0.1) is 15.8 Å². The van der Waals surface area contributed by atoms with E-state index in [4.69, 9.17) is 0 Å². The van der Waals surface area contributed by atoms with Crippen molar-refractivity contribution in [1.82, 2.24) is 9.97 Å². The number of thiazole rings is 1. The maximum Gasteiger partial charge on any atom is 0.223 e. The summed E-state index contributed by atoms with van der Waals surface area (Å²) in [6, 6.07) is 14.2. The van der Waals surface area contributed by atoms with Gasteiger partial charge in [0.1, 0.15) is 6.07 Å². The Morgan fingerprint density at radius 3 is 2.83 bits per heavy atom. The molecule has 0 aliphatic carbocycles. The molecule has 0 unspecified atom stereocenters. The zero-order valence-corrected chi connectivity index (χ0v) is 13.6. The number of aromatic amines is 1. The summed E-state index contributed by atoms with van der Waals surface area (Å²) in [5.41, 5.74) is 4.52. The van der Waals surface area contributed by atoms with Gasteiger partial charge in [0.15, 0.2) is 5.13 Å². The number of rotatable bonds is 2. The number of H-pyrrole nitrogens is 1. The Bertz CT molecular complexity index is 1130.